The maximum Gasteiger partial charge on any atom is 0.350 e. The van der Waals surface area contributed by atoms with Crippen LogP contribution >= 0.6 is 0 Å². The first-order valence-corrected chi connectivity index (χ1v) is 7.01. The lowest BCUT2D eigenvalue weighted by molar-refractivity contribution is -0.145. The van der Waals surface area contributed by atoms with E-state index in [0.717, 1.165) is 5.57 Å². The van der Waals surface area contributed by atoms with Crippen molar-refractivity contribution in [3.05, 3.63) is 47.0 Å². The van der Waals surface area contributed by atoms with Crippen LogP contribution in [0.2, 0.25) is 0 Å². The number of hydrogen-bond donors (Lipinski definition) is 0. The second kappa shape index (κ2) is 4.61. The third kappa shape index (κ3) is 1.60. The van der Waals surface area contributed by atoms with Crippen LogP contribution in [-0.2, 0) is 14.3 Å². The lowest BCUT2D eigenvalue weighted by Gasteiger charge is -2.22. The van der Waals surface area contributed by atoms with Crippen LogP contribution in [0, 0.1) is 0 Å². The first-order chi connectivity index (χ1) is 10.4. The molecule has 5 nitrogen and oxygen atoms in total. The Morgan fingerprint density at radius 2 is 1.77 bits per heavy atom. The number of benzene rings is 1. The van der Waals surface area contributed by atoms with Gasteiger partial charge in [0.15, 0.2) is 11.4 Å². The van der Waals surface area contributed by atoms with Gasteiger partial charge in [0.1, 0.15) is 0 Å². The van der Waals surface area contributed by atoms with Crippen LogP contribution in [-0.4, -0.2) is 35.8 Å². The van der Waals surface area contributed by atoms with Crippen molar-refractivity contribution in [2.45, 2.75) is 31.5 Å². The quantitative estimate of drug-likeness (QED) is 0.370. The van der Waals surface area contributed by atoms with E-state index in [9.17, 15) is 14.4 Å². The summed E-state index contributed by atoms with van der Waals surface area (Å²) in [7, 11) is 1.18. The number of carbonyl (C=O) groups excluding carboxylic acids is 3. The summed E-state index contributed by atoms with van der Waals surface area (Å²) in [6, 6.07) is 6.46. The second-order valence-corrected chi connectivity index (χ2v) is 5.79. The van der Waals surface area contributed by atoms with E-state index in [1.807, 2.05) is 13.8 Å². The van der Waals surface area contributed by atoms with Gasteiger partial charge in [-0.3, -0.25) is 9.59 Å². The molecule has 1 aliphatic heterocycles. The summed E-state index contributed by atoms with van der Waals surface area (Å²) in [5.41, 5.74) is -1.82. The lowest BCUT2D eigenvalue weighted by Crippen LogP contribution is -2.50. The molecule has 0 bridgehead atoms. The highest BCUT2D eigenvalue weighted by Crippen LogP contribution is 2.58. The Morgan fingerprint density at radius 1 is 1.18 bits per heavy atom. The third-order valence-corrected chi connectivity index (χ3v) is 4.23. The summed E-state index contributed by atoms with van der Waals surface area (Å²) in [4.78, 5) is 37.8. The number of rotatable bonds is 3. The fourth-order valence-electron chi connectivity index (χ4n) is 3.03. The van der Waals surface area contributed by atoms with E-state index in [2.05, 4.69) is 0 Å². The van der Waals surface area contributed by atoms with E-state index in [1.165, 1.54) is 13.2 Å². The molecule has 0 N–H and O–H groups in total. The Morgan fingerprint density at radius 3 is 2.32 bits per heavy atom. The summed E-state index contributed by atoms with van der Waals surface area (Å²) in [5, 5.41) is 0. The van der Waals surface area contributed by atoms with Crippen molar-refractivity contribution in [3.8, 4) is 0 Å². The molecule has 1 aromatic carbocycles. The Balaban J connectivity index is 2.18. The van der Waals surface area contributed by atoms with Crippen molar-refractivity contribution >= 4 is 17.5 Å². The molecule has 22 heavy (non-hydrogen) atoms. The maximum absolute atomic E-state index is 12.8. The van der Waals surface area contributed by atoms with Gasteiger partial charge in [-0.15, -0.1) is 0 Å². The van der Waals surface area contributed by atoms with Gasteiger partial charge in [-0.05, 0) is 13.8 Å². The zero-order chi connectivity index (χ0) is 16.1. The normalized spacial score (nSPS) is 28.5. The van der Waals surface area contributed by atoms with Gasteiger partial charge in [-0.25, -0.2) is 4.79 Å². The molecule has 2 atom stereocenters. The Labute approximate surface area is 127 Å². The molecule has 3 rings (SSSR count). The van der Waals surface area contributed by atoms with E-state index in [4.69, 9.17) is 9.47 Å². The van der Waals surface area contributed by atoms with Gasteiger partial charge in [0.25, 0.3) is 5.60 Å². The predicted molar refractivity (Wildman–Crippen MR) is 77.7 cm³/mol. The molecule has 0 unspecified atom stereocenters. The number of allylic oxidation sites excluding steroid dienone is 1. The van der Waals surface area contributed by atoms with E-state index in [0.29, 0.717) is 5.56 Å². The molecule has 1 saturated heterocycles. The van der Waals surface area contributed by atoms with Gasteiger partial charge in [0, 0.05) is 17.5 Å². The number of esters is 1. The minimum atomic E-state index is -1.83. The first kappa shape index (κ1) is 14.7. The Hall–Kier alpha value is -2.27. The topological polar surface area (TPSA) is 73.0 Å². The van der Waals surface area contributed by atoms with Crippen LogP contribution in [0.15, 0.2) is 35.9 Å². The number of Topliss-reactive ketones (excluding diaryl/α,β-unsaturated/α-hetero) is 2. The van der Waals surface area contributed by atoms with E-state index < -0.39 is 23.0 Å². The van der Waals surface area contributed by atoms with E-state index in [1.54, 1.807) is 24.3 Å². The molecule has 2 aliphatic rings. The number of epoxide rings is 1. The number of carbonyl (C=O) groups is 3. The van der Waals surface area contributed by atoms with Gasteiger partial charge in [-0.2, -0.15) is 0 Å². The van der Waals surface area contributed by atoms with E-state index in [-0.39, 0.29) is 17.8 Å². The molecule has 1 aromatic rings. The van der Waals surface area contributed by atoms with Crippen LogP contribution in [0.4, 0.5) is 0 Å². The summed E-state index contributed by atoms with van der Waals surface area (Å²) in [5.74, 6) is -1.66. The minimum Gasteiger partial charge on any atom is -0.466 e. The Kier molecular flexibility index (Phi) is 3.07. The highest BCUT2D eigenvalue weighted by atomic mass is 16.7. The standard InChI is InChI=1S/C17H16O5/c1-10(2)8-9-16-13(18)11-6-4-5-7-12(11)14(19)17(16,22-16)15(20)21-3/h4-8H,9H2,1-3H3/t16-,17-/m0/s1. The third-order valence-electron chi connectivity index (χ3n) is 4.23. The lowest BCUT2D eigenvalue weighted by atomic mass is 9.72. The van der Waals surface area contributed by atoms with Crippen molar-refractivity contribution in [1.29, 1.82) is 0 Å². The number of fused-ring (bicyclic) bond motifs is 2. The Bertz CT molecular complexity index is 728. The van der Waals surface area contributed by atoms with Crippen molar-refractivity contribution in [1.82, 2.24) is 0 Å². The van der Waals surface area contributed by atoms with Gasteiger partial charge < -0.3 is 9.47 Å². The number of ketones is 2. The summed E-state index contributed by atoms with van der Waals surface area (Å²) < 4.78 is 10.3. The van der Waals surface area contributed by atoms with Crippen molar-refractivity contribution in [2.75, 3.05) is 7.11 Å². The van der Waals surface area contributed by atoms with Crippen molar-refractivity contribution in [2.24, 2.45) is 0 Å². The zero-order valence-electron chi connectivity index (χ0n) is 12.6. The van der Waals surface area contributed by atoms with Crippen molar-refractivity contribution < 1.29 is 23.9 Å². The van der Waals surface area contributed by atoms with Gasteiger partial charge in [-0.1, -0.05) is 35.9 Å². The molecule has 1 fully saturated rings. The maximum atomic E-state index is 12.8. The number of ether oxygens (including phenoxy) is 2. The summed E-state index contributed by atoms with van der Waals surface area (Å²) in [6.45, 7) is 3.75. The fraction of sp³-hybridized carbons (Fsp3) is 0.353. The van der Waals surface area contributed by atoms with Crippen LogP contribution in [0.3, 0.4) is 0 Å². The van der Waals surface area contributed by atoms with Gasteiger partial charge >= 0.3 is 5.97 Å². The molecular formula is C17H16O5. The monoisotopic (exact) mass is 300 g/mol. The number of methoxy groups -OCH3 is 1. The highest BCUT2D eigenvalue weighted by molar-refractivity contribution is 6.32. The molecule has 1 aliphatic carbocycles. The summed E-state index contributed by atoms with van der Waals surface area (Å²) >= 11 is 0. The molecule has 0 radical (unpaired) electrons. The molecule has 0 amide bonds. The highest BCUT2D eigenvalue weighted by Gasteiger charge is 2.85. The summed E-state index contributed by atoms with van der Waals surface area (Å²) in [6.07, 6.45) is 1.97. The van der Waals surface area contributed by atoms with Crippen molar-refractivity contribution in [3.63, 3.8) is 0 Å². The van der Waals surface area contributed by atoms with Crippen LogP contribution < -0.4 is 0 Å². The smallest absolute Gasteiger partial charge is 0.350 e. The predicted octanol–water partition coefficient (Wildman–Crippen LogP) is 2.10. The minimum absolute atomic E-state index is 0.170. The molecule has 0 spiro atoms. The zero-order valence-corrected chi connectivity index (χ0v) is 12.6. The molecule has 0 aromatic heterocycles. The van der Waals surface area contributed by atoms with Gasteiger partial charge in [0.2, 0.25) is 5.78 Å². The largest absolute Gasteiger partial charge is 0.466 e. The molecule has 1 heterocycles. The van der Waals surface area contributed by atoms with E-state index >= 15 is 0 Å². The average molecular weight is 300 g/mol. The fourth-order valence-corrected chi connectivity index (χ4v) is 3.03. The molecular weight excluding hydrogens is 284 g/mol. The molecule has 0 saturated carbocycles. The van der Waals surface area contributed by atoms with Gasteiger partial charge in [0.05, 0.1) is 7.11 Å². The van der Waals surface area contributed by atoms with Crippen LogP contribution in [0.1, 0.15) is 41.0 Å². The molecule has 114 valence electrons. The average Bonchev–Trinajstić information content (AvgIpc) is 3.22. The SMILES string of the molecule is COC(=O)[C@]12O[C@@]1(CC=C(C)C)C(=O)c1ccccc1C2=O. The van der Waals surface area contributed by atoms with Crippen LogP contribution in [0.25, 0.3) is 0 Å². The first-order valence-electron chi connectivity index (χ1n) is 7.01. The number of hydrogen-bond acceptors (Lipinski definition) is 5. The second-order valence-electron chi connectivity index (χ2n) is 5.79. The van der Waals surface area contributed by atoms with Crippen LogP contribution in [0.5, 0.6) is 0 Å². The molecule has 5 heteroatoms.